The number of hydrogen-bond acceptors (Lipinski definition) is 9. The van der Waals surface area contributed by atoms with Crippen molar-refractivity contribution in [3.8, 4) is 0 Å². The number of aliphatic hydroxyl groups is 1. The Morgan fingerprint density at radius 2 is 1.25 bits per heavy atom. The zero-order valence-electron chi connectivity index (χ0n) is 32.2. The number of carbonyl (C=O) groups excluding carboxylic acids is 6. The average Bonchev–Trinajstić information content (AvgIpc) is 3.16. The third kappa shape index (κ3) is 16.7. The first-order valence-corrected chi connectivity index (χ1v) is 18.7. The summed E-state index contributed by atoms with van der Waals surface area (Å²) in [6.45, 7) is 6.61. The minimum Gasteiger partial charge on any atom is -0.394 e. The van der Waals surface area contributed by atoms with E-state index in [4.69, 9.17) is 17.2 Å². The summed E-state index contributed by atoms with van der Waals surface area (Å²) >= 11 is 0. The molecule has 0 aliphatic rings. The fourth-order valence-corrected chi connectivity index (χ4v) is 5.68. The average molecular weight is 766 g/mol. The molecule has 302 valence electrons. The summed E-state index contributed by atoms with van der Waals surface area (Å²) < 4.78 is 0. The molecule has 12 N–H and O–H groups in total. The van der Waals surface area contributed by atoms with E-state index in [1.807, 2.05) is 81.4 Å². The maximum atomic E-state index is 13.7. The van der Waals surface area contributed by atoms with Gasteiger partial charge in [0.05, 0.1) is 18.7 Å². The largest absolute Gasteiger partial charge is 0.394 e. The second-order valence-electron chi connectivity index (χ2n) is 14.1. The molecule has 2 aromatic carbocycles. The van der Waals surface area contributed by atoms with Gasteiger partial charge in [-0.2, -0.15) is 0 Å². The fourth-order valence-electron chi connectivity index (χ4n) is 5.68. The van der Waals surface area contributed by atoms with E-state index in [2.05, 4.69) is 31.6 Å². The molecule has 0 aliphatic heterocycles. The quantitative estimate of drug-likeness (QED) is 0.0288. The summed E-state index contributed by atoms with van der Waals surface area (Å²) in [5.74, 6) is -4.05. The number of rotatable bonds is 24. The van der Waals surface area contributed by atoms with Crippen LogP contribution in [0, 0.1) is 11.8 Å². The molecule has 16 nitrogen and oxygen atoms in total. The van der Waals surface area contributed by atoms with E-state index in [1.165, 1.54) is 0 Å². The molecule has 0 radical (unpaired) electrons. The first kappa shape index (κ1) is 45.8. The summed E-state index contributed by atoms with van der Waals surface area (Å²) in [7, 11) is 0. The third-order valence-corrected chi connectivity index (χ3v) is 8.95. The predicted octanol–water partition coefficient (Wildman–Crippen LogP) is -0.440. The molecule has 2 aromatic rings. The molecule has 0 aromatic heterocycles. The number of carbonyl (C=O) groups is 6. The number of nitrogens with two attached hydrogens (primary N) is 3. The SMILES string of the molecule is CC[C@H](C)[C@H](NC(=O)[C@@H](N)Cc1ccccc1)C(=O)N[C@@H](CCCN=C(N)N)C(=O)N[C@@H](CO)C(=O)N[C@@H](CC(C)C)C(=O)N[C@H](C=O)Cc1ccccc1. The number of hydrogen-bond donors (Lipinski definition) is 9. The maximum Gasteiger partial charge on any atom is 0.245 e. The van der Waals surface area contributed by atoms with Crippen molar-refractivity contribution in [2.45, 2.75) is 102 Å². The second-order valence-corrected chi connectivity index (χ2v) is 14.1. The van der Waals surface area contributed by atoms with Crippen molar-refractivity contribution in [2.24, 2.45) is 34.0 Å². The van der Waals surface area contributed by atoms with Gasteiger partial charge in [-0.1, -0.05) is 94.8 Å². The van der Waals surface area contributed by atoms with Gasteiger partial charge < -0.3 is 53.7 Å². The Morgan fingerprint density at radius 3 is 1.78 bits per heavy atom. The molecule has 0 heterocycles. The number of aliphatic hydroxyl groups excluding tert-OH is 1. The van der Waals surface area contributed by atoms with Crippen LogP contribution in [0.1, 0.15) is 64.5 Å². The van der Waals surface area contributed by atoms with Gasteiger partial charge in [0, 0.05) is 6.54 Å². The van der Waals surface area contributed by atoms with Gasteiger partial charge >= 0.3 is 0 Å². The highest BCUT2D eigenvalue weighted by molar-refractivity contribution is 5.96. The van der Waals surface area contributed by atoms with Gasteiger partial charge in [-0.3, -0.25) is 29.0 Å². The van der Waals surface area contributed by atoms with Crippen molar-refractivity contribution in [2.75, 3.05) is 13.2 Å². The van der Waals surface area contributed by atoms with Crippen molar-refractivity contribution in [3.05, 3.63) is 71.8 Å². The van der Waals surface area contributed by atoms with Gasteiger partial charge in [-0.25, -0.2) is 0 Å². The molecule has 2 rings (SSSR count). The molecule has 0 aliphatic carbocycles. The van der Waals surface area contributed by atoms with Crippen LogP contribution in [0.4, 0.5) is 0 Å². The molecule has 16 heteroatoms. The van der Waals surface area contributed by atoms with E-state index in [1.54, 1.807) is 6.92 Å². The molecule has 0 saturated heterocycles. The molecule has 0 spiro atoms. The summed E-state index contributed by atoms with van der Waals surface area (Å²) in [5, 5.41) is 23.4. The normalized spacial score (nSPS) is 14.8. The topological polar surface area (TPSA) is 273 Å². The van der Waals surface area contributed by atoms with Gasteiger partial charge in [0.15, 0.2) is 5.96 Å². The summed E-state index contributed by atoms with van der Waals surface area (Å²) in [6, 6.07) is 11.6. The zero-order valence-corrected chi connectivity index (χ0v) is 32.2. The number of guanidine groups is 1. The Balaban J connectivity index is 2.21. The van der Waals surface area contributed by atoms with Crippen molar-refractivity contribution in [3.63, 3.8) is 0 Å². The van der Waals surface area contributed by atoms with E-state index < -0.39 is 72.4 Å². The van der Waals surface area contributed by atoms with Crippen molar-refractivity contribution >= 4 is 41.8 Å². The highest BCUT2D eigenvalue weighted by Gasteiger charge is 2.33. The van der Waals surface area contributed by atoms with Gasteiger partial charge in [-0.05, 0) is 55.1 Å². The van der Waals surface area contributed by atoms with Crippen LogP contribution in [0.2, 0.25) is 0 Å². The number of aldehydes is 1. The summed E-state index contributed by atoms with van der Waals surface area (Å²) in [4.78, 5) is 83.2. The van der Waals surface area contributed by atoms with Crippen LogP contribution in [0.25, 0.3) is 0 Å². The lowest BCUT2D eigenvalue weighted by atomic mass is 9.96. The van der Waals surface area contributed by atoms with Gasteiger partial charge in [-0.15, -0.1) is 0 Å². The Kier molecular flexibility index (Phi) is 20.1. The molecular formula is C39H59N9O7. The first-order valence-electron chi connectivity index (χ1n) is 18.7. The number of benzene rings is 2. The molecule has 0 saturated carbocycles. The predicted molar refractivity (Wildman–Crippen MR) is 210 cm³/mol. The molecule has 55 heavy (non-hydrogen) atoms. The van der Waals surface area contributed by atoms with Crippen LogP contribution in [-0.4, -0.2) is 96.3 Å². The first-order chi connectivity index (χ1) is 26.2. The zero-order chi connectivity index (χ0) is 40.9. The van der Waals surface area contributed by atoms with E-state index in [0.29, 0.717) is 12.7 Å². The summed E-state index contributed by atoms with van der Waals surface area (Å²) in [6.07, 6.45) is 2.07. The minimum atomic E-state index is -1.51. The molecule has 0 unspecified atom stereocenters. The van der Waals surface area contributed by atoms with Gasteiger partial charge in [0.2, 0.25) is 29.5 Å². The van der Waals surface area contributed by atoms with Crippen LogP contribution in [0.3, 0.4) is 0 Å². The highest BCUT2D eigenvalue weighted by Crippen LogP contribution is 2.12. The van der Waals surface area contributed by atoms with Crippen LogP contribution in [0.15, 0.2) is 65.7 Å². The monoisotopic (exact) mass is 765 g/mol. The highest BCUT2D eigenvalue weighted by atomic mass is 16.3. The third-order valence-electron chi connectivity index (χ3n) is 8.95. The number of nitrogens with one attached hydrogen (secondary N) is 5. The van der Waals surface area contributed by atoms with Crippen LogP contribution in [0.5, 0.6) is 0 Å². The lowest BCUT2D eigenvalue weighted by molar-refractivity contribution is -0.136. The Labute approximate surface area is 323 Å². The van der Waals surface area contributed by atoms with Crippen LogP contribution >= 0.6 is 0 Å². The van der Waals surface area contributed by atoms with E-state index in [9.17, 15) is 33.9 Å². The smallest absolute Gasteiger partial charge is 0.245 e. The Hall–Kier alpha value is -5.35. The molecule has 5 amide bonds. The van der Waals surface area contributed by atoms with E-state index in [-0.39, 0.29) is 56.4 Å². The standard InChI is InChI=1S/C39H59N9O7/c1-5-25(4)33(48-34(51)29(40)21-27-15-10-7-11-16-27)38(55)45-30(17-12-18-43-39(41)42)35(52)47-32(23-50)37(54)46-31(19-24(2)3)36(53)44-28(22-49)20-26-13-8-6-9-14-26/h6-11,13-16,22,24-25,28-33,50H,5,12,17-21,23,40H2,1-4H3,(H,44,53)(H,45,55)(H,46,54)(H,47,52)(H,48,51)(H4,41,42,43)/t25-,28-,29-,30-,31-,32-,33-/m0/s1. The lowest BCUT2D eigenvalue weighted by Gasteiger charge is -2.28. The number of nitrogens with zero attached hydrogens (tertiary/aromatic N) is 1. The van der Waals surface area contributed by atoms with E-state index >= 15 is 0 Å². The number of aliphatic imine (C=N–C) groups is 1. The van der Waals surface area contributed by atoms with E-state index in [0.717, 1.165) is 11.1 Å². The van der Waals surface area contributed by atoms with Gasteiger partial charge in [0.25, 0.3) is 0 Å². The number of amides is 5. The molecular weight excluding hydrogens is 706 g/mol. The maximum absolute atomic E-state index is 13.7. The Morgan fingerprint density at radius 1 is 0.727 bits per heavy atom. The van der Waals surface area contributed by atoms with Crippen molar-refractivity contribution in [1.29, 1.82) is 0 Å². The van der Waals surface area contributed by atoms with Crippen molar-refractivity contribution < 1.29 is 33.9 Å². The molecule has 0 fully saturated rings. The Bertz CT molecular complexity index is 1560. The molecule has 0 bridgehead atoms. The molecule has 7 atom stereocenters. The summed E-state index contributed by atoms with van der Waals surface area (Å²) in [5.41, 5.74) is 18.8. The van der Waals surface area contributed by atoms with Crippen molar-refractivity contribution in [1.82, 2.24) is 26.6 Å². The fraction of sp³-hybridized carbons (Fsp3) is 0.513. The van der Waals surface area contributed by atoms with Crippen LogP contribution in [-0.2, 0) is 41.6 Å². The van der Waals surface area contributed by atoms with Gasteiger partial charge in [0.1, 0.15) is 30.5 Å². The second kappa shape index (κ2) is 24.1. The van der Waals surface area contributed by atoms with Crippen LogP contribution < -0.4 is 43.8 Å². The minimum absolute atomic E-state index is 0.0235. The lowest BCUT2D eigenvalue weighted by Crippen LogP contribution is -2.60.